The van der Waals surface area contributed by atoms with Crippen LogP contribution in [0.2, 0.25) is 0 Å². The van der Waals surface area contributed by atoms with Crippen LogP contribution in [0.4, 0.5) is 20.4 Å². The molecular weight excluding hydrogens is 448 g/mol. The van der Waals surface area contributed by atoms with Gasteiger partial charge in [0.25, 0.3) is 0 Å². The van der Waals surface area contributed by atoms with Gasteiger partial charge in [-0.1, -0.05) is 13.8 Å². The number of rotatable bonds is 6. The number of fused-ring (bicyclic) bond motifs is 1. The van der Waals surface area contributed by atoms with Crippen LogP contribution in [0, 0.1) is 11.6 Å². The van der Waals surface area contributed by atoms with Gasteiger partial charge in [0.15, 0.2) is 15.7 Å². The van der Waals surface area contributed by atoms with Crippen molar-refractivity contribution in [3.63, 3.8) is 0 Å². The van der Waals surface area contributed by atoms with Gasteiger partial charge >= 0.3 is 0 Å². The van der Waals surface area contributed by atoms with Crippen molar-refractivity contribution in [1.82, 2.24) is 19.7 Å². The Kier molecular flexibility index (Phi) is 5.87. The van der Waals surface area contributed by atoms with E-state index in [0.29, 0.717) is 22.3 Å². The summed E-state index contributed by atoms with van der Waals surface area (Å²) in [7, 11) is -1.45. The van der Waals surface area contributed by atoms with Crippen LogP contribution in [0.1, 0.15) is 31.0 Å². The molecule has 0 atom stereocenters. The van der Waals surface area contributed by atoms with Crippen molar-refractivity contribution in [3.8, 4) is 11.1 Å². The van der Waals surface area contributed by atoms with E-state index in [9.17, 15) is 17.2 Å². The molecule has 0 aliphatic rings. The molecule has 0 saturated heterocycles. The Hall–Kier alpha value is -3.40. The standard InChI is InChI=1S/C23H23F2N5O2S/c1-13(2)23-17-8-15(9-18(24)22(17)29-30(23)3)16-10-21(27-11-19(16)25)28-20-7-14(5-6-26-20)12-33(4,31)32/h5-11,13H,12H2,1-4H3,(H,26,27,28). The van der Waals surface area contributed by atoms with Gasteiger partial charge in [-0.25, -0.2) is 27.2 Å². The fraction of sp³-hybridized carbons (Fsp3) is 0.261. The van der Waals surface area contributed by atoms with Crippen LogP contribution in [0.15, 0.2) is 42.7 Å². The molecule has 4 aromatic rings. The second-order valence-corrected chi connectivity index (χ2v) is 10.5. The predicted molar refractivity (Wildman–Crippen MR) is 124 cm³/mol. The van der Waals surface area contributed by atoms with Crippen molar-refractivity contribution in [2.45, 2.75) is 25.5 Å². The molecular formula is C23H23F2N5O2S. The number of aryl methyl sites for hydroxylation is 1. The van der Waals surface area contributed by atoms with Crippen molar-refractivity contribution in [2.24, 2.45) is 7.05 Å². The monoisotopic (exact) mass is 471 g/mol. The van der Waals surface area contributed by atoms with Gasteiger partial charge in [-0.3, -0.25) is 4.68 Å². The molecule has 0 aliphatic heterocycles. The first-order chi connectivity index (χ1) is 15.5. The molecule has 4 rings (SSSR count). The molecule has 10 heteroatoms. The lowest BCUT2D eigenvalue weighted by molar-refractivity contribution is 0.601. The van der Waals surface area contributed by atoms with Crippen molar-refractivity contribution in [1.29, 1.82) is 0 Å². The Morgan fingerprint density at radius 1 is 1.06 bits per heavy atom. The first kappa shape index (κ1) is 22.8. The van der Waals surface area contributed by atoms with E-state index in [-0.39, 0.29) is 28.6 Å². The van der Waals surface area contributed by atoms with Crippen LogP contribution in [0.3, 0.4) is 0 Å². The lowest BCUT2D eigenvalue weighted by atomic mass is 10.00. The van der Waals surface area contributed by atoms with E-state index in [0.717, 1.165) is 18.1 Å². The largest absolute Gasteiger partial charge is 0.325 e. The molecule has 0 unspecified atom stereocenters. The molecule has 0 bridgehead atoms. The minimum absolute atomic E-state index is 0.0967. The van der Waals surface area contributed by atoms with Crippen molar-refractivity contribution >= 4 is 32.4 Å². The summed E-state index contributed by atoms with van der Waals surface area (Å²) in [5.41, 5.74) is 2.17. The van der Waals surface area contributed by atoms with Crippen molar-refractivity contribution < 1.29 is 17.2 Å². The molecule has 1 aromatic carbocycles. The molecule has 0 radical (unpaired) electrons. The average molecular weight is 472 g/mol. The van der Waals surface area contributed by atoms with E-state index >= 15 is 0 Å². The summed E-state index contributed by atoms with van der Waals surface area (Å²) in [4.78, 5) is 8.21. The van der Waals surface area contributed by atoms with E-state index in [1.807, 2.05) is 13.8 Å². The third kappa shape index (κ3) is 4.85. The van der Waals surface area contributed by atoms with E-state index in [1.165, 1.54) is 18.3 Å². The molecule has 0 spiro atoms. The first-order valence-electron chi connectivity index (χ1n) is 10.2. The summed E-state index contributed by atoms with van der Waals surface area (Å²) >= 11 is 0. The van der Waals surface area contributed by atoms with Gasteiger partial charge in [-0.15, -0.1) is 0 Å². The van der Waals surface area contributed by atoms with Gasteiger partial charge in [-0.05, 0) is 47.4 Å². The number of anilines is 2. The molecule has 0 fully saturated rings. The van der Waals surface area contributed by atoms with Crippen LogP contribution in [-0.2, 0) is 22.6 Å². The highest BCUT2D eigenvalue weighted by Crippen LogP contribution is 2.33. The number of nitrogens with one attached hydrogen (secondary N) is 1. The highest BCUT2D eigenvalue weighted by Gasteiger charge is 2.18. The van der Waals surface area contributed by atoms with Gasteiger partial charge in [-0.2, -0.15) is 5.10 Å². The van der Waals surface area contributed by atoms with Crippen LogP contribution >= 0.6 is 0 Å². The van der Waals surface area contributed by atoms with E-state index < -0.39 is 21.5 Å². The lowest BCUT2D eigenvalue weighted by Crippen LogP contribution is -2.03. The summed E-state index contributed by atoms with van der Waals surface area (Å²) in [6.07, 6.45) is 3.68. The molecule has 33 heavy (non-hydrogen) atoms. The fourth-order valence-corrected chi connectivity index (χ4v) is 4.69. The van der Waals surface area contributed by atoms with Gasteiger partial charge < -0.3 is 5.32 Å². The van der Waals surface area contributed by atoms with Crippen LogP contribution < -0.4 is 5.32 Å². The third-order valence-electron chi connectivity index (χ3n) is 5.16. The second-order valence-electron chi connectivity index (χ2n) is 8.31. The van der Waals surface area contributed by atoms with Crippen molar-refractivity contribution in [3.05, 3.63) is 65.6 Å². The first-order valence-corrected chi connectivity index (χ1v) is 12.3. The smallest absolute Gasteiger partial charge is 0.151 e. The molecule has 1 N–H and O–H groups in total. The molecule has 0 saturated carbocycles. The molecule has 7 nitrogen and oxygen atoms in total. The molecule has 3 heterocycles. The molecule has 0 amide bonds. The fourth-order valence-electron chi connectivity index (χ4n) is 3.91. The van der Waals surface area contributed by atoms with Crippen LogP contribution in [-0.4, -0.2) is 34.4 Å². The number of pyridine rings is 2. The SMILES string of the molecule is CC(C)c1c2cc(-c3cc(Nc4cc(CS(C)(=O)=O)ccn4)ncc3F)cc(F)c2nn1C. The number of hydrogen-bond donors (Lipinski definition) is 1. The Morgan fingerprint density at radius 2 is 1.79 bits per heavy atom. The quantitative estimate of drug-likeness (QED) is 0.438. The number of halogens is 2. The number of benzene rings is 1. The third-order valence-corrected chi connectivity index (χ3v) is 6.02. The van der Waals surface area contributed by atoms with Gasteiger partial charge in [0.2, 0.25) is 0 Å². The highest BCUT2D eigenvalue weighted by molar-refractivity contribution is 7.89. The van der Waals surface area contributed by atoms with E-state index in [1.54, 1.807) is 29.9 Å². The average Bonchev–Trinajstić information content (AvgIpc) is 3.05. The topological polar surface area (TPSA) is 89.8 Å². The van der Waals surface area contributed by atoms with Gasteiger partial charge in [0.1, 0.15) is 23.0 Å². The molecule has 3 aromatic heterocycles. The van der Waals surface area contributed by atoms with E-state index in [2.05, 4.69) is 20.4 Å². The van der Waals surface area contributed by atoms with Crippen LogP contribution in [0.5, 0.6) is 0 Å². The predicted octanol–water partition coefficient (Wildman–Crippen LogP) is 4.72. The normalized spacial score (nSPS) is 12.0. The second kappa shape index (κ2) is 8.51. The number of sulfone groups is 1. The molecule has 172 valence electrons. The van der Waals surface area contributed by atoms with Crippen molar-refractivity contribution in [2.75, 3.05) is 11.6 Å². The highest BCUT2D eigenvalue weighted by atomic mass is 32.2. The maximum atomic E-state index is 14.9. The zero-order valence-electron chi connectivity index (χ0n) is 18.6. The number of hydrogen-bond acceptors (Lipinski definition) is 6. The summed E-state index contributed by atoms with van der Waals surface area (Å²) in [5.74, 6) is -0.531. The number of nitrogens with zero attached hydrogens (tertiary/aromatic N) is 4. The Morgan fingerprint density at radius 3 is 2.48 bits per heavy atom. The summed E-state index contributed by atoms with van der Waals surface area (Å²) in [6, 6.07) is 7.64. The van der Waals surface area contributed by atoms with Gasteiger partial charge in [0.05, 0.1) is 11.9 Å². The number of aromatic nitrogens is 4. The summed E-state index contributed by atoms with van der Waals surface area (Å²) in [5, 5.41) is 7.86. The summed E-state index contributed by atoms with van der Waals surface area (Å²) < 4.78 is 54.4. The minimum Gasteiger partial charge on any atom is -0.325 e. The Balaban J connectivity index is 1.74. The molecule has 0 aliphatic carbocycles. The van der Waals surface area contributed by atoms with E-state index in [4.69, 9.17) is 0 Å². The van der Waals surface area contributed by atoms with Crippen LogP contribution in [0.25, 0.3) is 22.0 Å². The van der Waals surface area contributed by atoms with Gasteiger partial charge in [0, 0.05) is 36.1 Å². The Bertz CT molecular complexity index is 1470. The zero-order chi connectivity index (χ0) is 23.9. The summed E-state index contributed by atoms with van der Waals surface area (Å²) in [6.45, 7) is 3.97. The lowest BCUT2D eigenvalue weighted by Gasteiger charge is -2.10. The minimum atomic E-state index is -3.21. The zero-order valence-corrected chi connectivity index (χ0v) is 19.4. The maximum Gasteiger partial charge on any atom is 0.151 e. The maximum absolute atomic E-state index is 14.9. The Labute approximate surface area is 190 Å².